The Labute approximate surface area is 70.9 Å². The van der Waals surface area contributed by atoms with Gasteiger partial charge < -0.3 is 9.11 Å². The standard InChI is InChI=1S/Cd.H2O3S.Zn/c;1-4(2)3;/h;(H2,1,2,3);/q+2;;+2/p-2. The molecule has 6 heteroatoms. The van der Waals surface area contributed by atoms with Gasteiger partial charge in [0.1, 0.15) is 0 Å². The summed E-state index contributed by atoms with van der Waals surface area (Å²) in [6.07, 6.45) is 0. The fourth-order valence-corrected chi connectivity index (χ4v) is 0. The molecule has 0 aliphatic heterocycles. The Balaban J connectivity index is -0.0000000450. The third kappa shape index (κ3) is 45.8. The van der Waals surface area contributed by atoms with Gasteiger partial charge in [-0.25, -0.2) is 0 Å². The zero-order valence-electron chi connectivity index (χ0n) is 3.05. The van der Waals surface area contributed by atoms with Crippen molar-refractivity contribution in [2.45, 2.75) is 0 Å². The third-order valence-corrected chi connectivity index (χ3v) is 0. The summed E-state index contributed by atoms with van der Waals surface area (Å²) in [5.74, 6) is 0. The van der Waals surface area contributed by atoms with Crippen molar-refractivity contribution in [1.82, 2.24) is 0 Å². The Morgan fingerprint density at radius 3 is 1.33 bits per heavy atom. The molecule has 26 valence electrons. The van der Waals surface area contributed by atoms with E-state index in [2.05, 4.69) is 0 Å². The first kappa shape index (κ1) is 15.6. The quantitative estimate of drug-likeness (QED) is 0.413. The summed E-state index contributed by atoms with van der Waals surface area (Å²) in [6, 6.07) is 0. The third-order valence-electron chi connectivity index (χ3n) is 0. The summed E-state index contributed by atoms with van der Waals surface area (Å²) in [4.78, 5) is 0. The van der Waals surface area contributed by atoms with E-state index in [1.165, 1.54) is 0 Å². The average molecular weight is 258 g/mol. The minimum atomic E-state index is -3.11. The monoisotopic (exact) mass is 258 g/mol. The van der Waals surface area contributed by atoms with Crippen molar-refractivity contribution < 1.29 is 60.1 Å². The topological polar surface area (TPSA) is 63.2 Å². The molecule has 3 nitrogen and oxygen atoms in total. The molecular formula is CdO3SZn+2. The zero-order chi connectivity index (χ0) is 3.58. The van der Waals surface area contributed by atoms with E-state index in [0.29, 0.717) is 0 Å². The maximum atomic E-state index is 8.44. The molecule has 6 heavy (non-hydrogen) atoms. The second kappa shape index (κ2) is 9.79. The molecule has 0 rings (SSSR count). The van der Waals surface area contributed by atoms with Crippen molar-refractivity contribution in [2.24, 2.45) is 0 Å². The zero-order valence-corrected chi connectivity index (χ0v) is 10.9. The second-order valence-electron chi connectivity index (χ2n) is 0.204. The van der Waals surface area contributed by atoms with Gasteiger partial charge in [-0.15, -0.1) is 11.4 Å². The van der Waals surface area contributed by atoms with E-state index < -0.39 is 11.4 Å². The predicted molar refractivity (Wildman–Crippen MR) is 9.70 cm³/mol. The summed E-state index contributed by atoms with van der Waals surface area (Å²) < 4.78 is 25.3. The molecule has 0 bridgehead atoms. The van der Waals surface area contributed by atoms with Crippen LogP contribution >= 0.6 is 0 Å². The van der Waals surface area contributed by atoms with Gasteiger partial charge in [0, 0.05) is 0 Å². The van der Waals surface area contributed by atoms with Crippen molar-refractivity contribution in [3.63, 3.8) is 0 Å². The van der Waals surface area contributed by atoms with Crippen molar-refractivity contribution in [2.75, 3.05) is 0 Å². The molecule has 0 fully saturated rings. The van der Waals surface area contributed by atoms with Crippen molar-refractivity contribution >= 4 is 11.4 Å². The fourth-order valence-electron chi connectivity index (χ4n) is 0. The molecule has 0 aromatic rings. The molecule has 0 amide bonds. The van der Waals surface area contributed by atoms with E-state index in [0.717, 1.165) is 0 Å². The van der Waals surface area contributed by atoms with E-state index in [-0.39, 0.29) is 46.8 Å². The molecule has 0 unspecified atom stereocenters. The van der Waals surface area contributed by atoms with Gasteiger partial charge in [0.15, 0.2) is 0 Å². The molecule has 0 atom stereocenters. The van der Waals surface area contributed by atoms with Crippen molar-refractivity contribution in [3.05, 3.63) is 0 Å². The van der Waals surface area contributed by atoms with Gasteiger partial charge >= 0.3 is 46.8 Å². The van der Waals surface area contributed by atoms with E-state index in [9.17, 15) is 0 Å². The van der Waals surface area contributed by atoms with Gasteiger partial charge in [-0.05, 0) is 0 Å². The first-order valence-corrected chi connectivity index (χ1v) is 1.50. The molecule has 0 N–H and O–H groups in total. The van der Waals surface area contributed by atoms with Gasteiger partial charge in [0.2, 0.25) is 0 Å². The fraction of sp³-hybridized carbons (Fsp3) is 0. The van der Waals surface area contributed by atoms with Crippen LogP contribution in [0.1, 0.15) is 0 Å². The SMILES string of the molecule is O=S([O-])[O-].[Cd+2].[Zn+2]. The molecule has 0 saturated carbocycles. The summed E-state index contributed by atoms with van der Waals surface area (Å²) in [5, 5.41) is 0. The van der Waals surface area contributed by atoms with Gasteiger partial charge in [-0.2, -0.15) is 0 Å². The maximum absolute atomic E-state index is 8.44. The minimum Gasteiger partial charge on any atom is -0.784 e. The Bertz CT molecular complexity index is 33.8. The number of rotatable bonds is 0. The smallest absolute Gasteiger partial charge is 0.784 e. The first-order valence-electron chi connectivity index (χ1n) is 0.500. The van der Waals surface area contributed by atoms with Crippen LogP contribution in [-0.4, -0.2) is 13.3 Å². The van der Waals surface area contributed by atoms with E-state index in [1.807, 2.05) is 0 Å². The maximum Gasteiger partial charge on any atom is 2.00 e. The van der Waals surface area contributed by atoms with Crippen LogP contribution in [0, 0.1) is 0 Å². The van der Waals surface area contributed by atoms with Crippen LogP contribution in [0.25, 0.3) is 0 Å². The Hall–Kier alpha value is 1.62. The molecule has 0 aromatic heterocycles. The molecular weight excluding hydrogens is 258 g/mol. The molecule has 0 heterocycles. The molecule has 0 aliphatic rings. The van der Waals surface area contributed by atoms with Gasteiger partial charge in [-0.1, -0.05) is 0 Å². The number of hydrogen-bond acceptors (Lipinski definition) is 3. The van der Waals surface area contributed by atoms with Crippen LogP contribution in [0.3, 0.4) is 0 Å². The Morgan fingerprint density at radius 1 is 1.33 bits per heavy atom. The van der Waals surface area contributed by atoms with E-state index >= 15 is 0 Å². The largest absolute Gasteiger partial charge is 2.00 e. The van der Waals surface area contributed by atoms with Crippen LogP contribution < -0.4 is 0 Å². The summed E-state index contributed by atoms with van der Waals surface area (Å²) in [5.41, 5.74) is 0. The Kier molecular flexibility index (Phi) is 25.5. The first-order chi connectivity index (χ1) is 1.73. The number of hydrogen-bond donors (Lipinski definition) is 0. The van der Waals surface area contributed by atoms with Gasteiger partial charge in [0.05, 0.1) is 0 Å². The molecule has 0 spiro atoms. The summed E-state index contributed by atoms with van der Waals surface area (Å²) in [7, 11) is 0. The van der Waals surface area contributed by atoms with Gasteiger partial charge in [0.25, 0.3) is 0 Å². The van der Waals surface area contributed by atoms with Crippen molar-refractivity contribution in [3.8, 4) is 0 Å². The average Bonchev–Trinajstić information content (AvgIpc) is 0.811. The van der Waals surface area contributed by atoms with Crippen molar-refractivity contribution in [1.29, 1.82) is 0 Å². The van der Waals surface area contributed by atoms with Crippen LogP contribution in [-0.2, 0) is 58.1 Å². The second-order valence-corrected chi connectivity index (χ2v) is 0.612. The van der Waals surface area contributed by atoms with Gasteiger partial charge in [-0.3, -0.25) is 4.21 Å². The minimum absolute atomic E-state index is 0. The summed E-state index contributed by atoms with van der Waals surface area (Å²) in [6.45, 7) is 0. The van der Waals surface area contributed by atoms with E-state index in [1.54, 1.807) is 0 Å². The van der Waals surface area contributed by atoms with Crippen LogP contribution in [0.4, 0.5) is 0 Å². The van der Waals surface area contributed by atoms with Crippen LogP contribution in [0.5, 0.6) is 0 Å². The molecule has 0 saturated heterocycles. The van der Waals surface area contributed by atoms with Crippen LogP contribution in [0.2, 0.25) is 0 Å². The summed E-state index contributed by atoms with van der Waals surface area (Å²) >= 11 is -3.11. The van der Waals surface area contributed by atoms with Crippen LogP contribution in [0.15, 0.2) is 0 Å². The Morgan fingerprint density at radius 2 is 1.33 bits per heavy atom. The molecule has 0 aliphatic carbocycles. The predicted octanol–water partition coefficient (Wildman–Crippen LogP) is -1.01. The molecule has 0 aromatic carbocycles. The molecule has 0 radical (unpaired) electrons. The normalized spacial score (nSPS) is 5.83. The van der Waals surface area contributed by atoms with E-state index in [4.69, 9.17) is 13.3 Å².